The molecule has 1 amide bonds. The molecule has 0 saturated heterocycles. The third-order valence-electron chi connectivity index (χ3n) is 6.08. The molecular formula is C29H41N2O6P. The summed E-state index contributed by atoms with van der Waals surface area (Å²) in [7, 11) is 0.118. The van der Waals surface area contributed by atoms with Crippen LogP contribution in [0.25, 0.3) is 11.1 Å². The number of carbonyl (C=O) groups is 2. The second-order valence-corrected chi connectivity index (χ2v) is 12.4. The van der Waals surface area contributed by atoms with Crippen LogP contribution in [0, 0.1) is 0 Å². The summed E-state index contributed by atoms with van der Waals surface area (Å²) in [6.45, 7) is 13.6. The molecule has 2 atom stereocenters. The van der Waals surface area contributed by atoms with Crippen molar-refractivity contribution in [2.45, 2.75) is 78.1 Å². The van der Waals surface area contributed by atoms with Gasteiger partial charge in [-0.1, -0.05) is 48.5 Å². The molecule has 0 fully saturated rings. The van der Waals surface area contributed by atoms with Crippen molar-refractivity contribution in [3.05, 3.63) is 59.7 Å². The zero-order valence-corrected chi connectivity index (χ0v) is 24.6. The number of fused-ring (bicyclic) bond motifs is 3. The van der Waals surface area contributed by atoms with Gasteiger partial charge in [0.15, 0.2) is 6.04 Å². The summed E-state index contributed by atoms with van der Waals surface area (Å²) in [5, 5.41) is 2.66. The van der Waals surface area contributed by atoms with Crippen LogP contribution >= 0.6 is 8.53 Å². The Morgan fingerprint density at radius 2 is 1.47 bits per heavy atom. The average Bonchev–Trinajstić information content (AvgIpc) is 3.16. The van der Waals surface area contributed by atoms with Gasteiger partial charge < -0.3 is 23.8 Å². The number of esters is 1. The minimum atomic E-state index is -1.46. The number of alkyl carbamates (subject to hydrolysis) is 1. The van der Waals surface area contributed by atoms with Crippen LogP contribution in [0.4, 0.5) is 4.79 Å². The zero-order valence-electron chi connectivity index (χ0n) is 23.7. The summed E-state index contributed by atoms with van der Waals surface area (Å²) in [6.07, 6.45) is -0.711. The van der Waals surface area contributed by atoms with Crippen molar-refractivity contribution in [1.29, 1.82) is 0 Å². The van der Waals surface area contributed by atoms with Gasteiger partial charge in [0, 0.05) is 25.1 Å². The van der Waals surface area contributed by atoms with E-state index in [2.05, 4.69) is 61.9 Å². The van der Waals surface area contributed by atoms with Crippen LogP contribution in [0.3, 0.4) is 0 Å². The van der Waals surface area contributed by atoms with Crippen molar-refractivity contribution in [3.8, 4) is 11.1 Å². The molecule has 3 rings (SSSR count). The molecular weight excluding hydrogens is 503 g/mol. The van der Waals surface area contributed by atoms with E-state index in [1.165, 1.54) is 0 Å². The van der Waals surface area contributed by atoms with Crippen molar-refractivity contribution in [3.63, 3.8) is 0 Å². The van der Waals surface area contributed by atoms with Crippen molar-refractivity contribution < 1.29 is 28.1 Å². The second-order valence-electron chi connectivity index (χ2n) is 10.8. The van der Waals surface area contributed by atoms with Gasteiger partial charge in [-0.2, -0.15) is 0 Å². The SMILES string of the molecule is COP(OC[C@H](NC(=O)OCC1c2ccccc2-c2ccccc21)C(=O)OC(C)(C)C)N(C(C)C)C(C)C. The number of nitrogens with zero attached hydrogens (tertiary/aromatic N) is 1. The predicted molar refractivity (Wildman–Crippen MR) is 150 cm³/mol. The smallest absolute Gasteiger partial charge is 0.407 e. The Balaban J connectivity index is 1.70. The molecule has 0 saturated carbocycles. The average molecular weight is 545 g/mol. The Morgan fingerprint density at radius 1 is 0.947 bits per heavy atom. The molecule has 0 spiro atoms. The maximum Gasteiger partial charge on any atom is 0.407 e. The monoisotopic (exact) mass is 544 g/mol. The lowest BCUT2D eigenvalue weighted by atomic mass is 9.98. The Morgan fingerprint density at radius 3 is 1.95 bits per heavy atom. The van der Waals surface area contributed by atoms with Gasteiger partial charge >= 0.3 is 12.1 Å². The number of hydrogen-bond acceptors (Lipinski definition) is 7. The number of ether oxygens (including phenoxy) is 2. The quantitative estimate of drug-likeness (QED) is 0.265. The van der Waals surface area contributed by atoms with Gasteiger partial charge in [0.1, 0.15) is 12.2 Å². The molecule has 8 nitrogen and oxygen atoms in total. The standard InChI is InChI=1S/C29H41N2O6P/c1-19(2)31(20(3)4)38(34-8)36-18-26(27(32)37-29(5,6)7)30-28(33)35-17-25-23-15-11-9-13-21(23)22-14-10-12-16-24(22)25/h9-16,19-20,25-26H,17-18H2,1-8H3,(H,30,33)/t26-,38?/m0/s1. The maximum absolute atomic E-state index is 13.0. The lowest BCUT2D eigenvalue weighted by molar-refractivity contribution is -0.158. The highest BCUT2D eigenvalue weighted by molar-refractivity contribution is 7.44. The van der Waals surface area contributed by atoms with Crippen LogP contribution in [-0.2, 0) is 23.3 Å². The number of nitrogens with one attached hydrogen (secondary N) is 1. The number of benzene rings is 2. The van der Waals surface area contributed by atoms with Gasteiger partial charge in [0.25, 0.3) is 8.53 Å². The highest BCUT2D eigenvalue weighted by Gasteiger charge is 2.33. The molecule has 9 heteroatoms. The van der Waals surface area contributed by atoms with Gasteiger partial charge in [-0.05, 0) is 70.7 Å². The molecule has 1 aliphatic rings. The molecule has 2 aromatic carbocycles. The predicted octanol–water partition coefficient (Wildman–Crippen LogP) is 6.24. The van der Waals surface area contributed by atoms with E-state index in [0.717, 1.165) is 22.3 Å². The largest absolute Gasteiger partial charge is 0.458 e. The van der Waals surface area contributed by atoms with E-state index in [9.17, 15) is 9.59 Å². The fourth-order valence-corrected chi connectivity index (χ4v) is 6.11. The van der Waals surface area contributed by atoms with E-state index in [1.54, 1.807) is 27.9 Å². The van der Waals surface area contributed by atoms with E-state index in [1.807, 2.05) is 24.3 Å². The van der Waals surface area contributed by atoms with E-state index in [-0.39, 0.29) is 31.2 Å². The Bertz CT molecular complexity index is 1050. The van der Waals surface area contributed by atoms with E-state index < -0.39 is 32.2 Å². The Kier molecular flexibility index (Phi) is 10.3. The maximum atomic E-state index is 13.0. The number of amides is 1. The Hall–Kier alpha value is -2.51. The highest BCUT2D eigenvalue weighted by atomic mass is 31.2. The van der Waals surface area contributed by atoms with Gasteiger partial charge in [0.05, 0.1) is 6.61 Å². The second kappa shape index (κ2) is 13.0. The fourth-order valence-electron chi connectivity index (χ4n) is 4.65. The third-order valence-corrected chi connectivity index (χ3v) is 8.06. The Labute approximate surface area is 228 Å². The molecule has 1 unspecified atom stereocenters. The van der Waals surface area contributed by atoms with Crippen LogP contribution in [0.5, 0.6) is 0 Å². The molecule has 0 aliphatic heterocycles. The third kappa shape index (κ3) is 7.54. The summed E-state index contributed by atoms with van der Waals surface area (Å²) >= 11 is 0. The van der Waals surface area contributed by atoms with Gasteiger partial charge in [0.2, 0.25) is 0 Å². The lowest BCUT2D eigenvalue weighted by Gasteiger charge is -2.35. The minimum Gasteiger partial charge on any atom is -0.458 e. The topological polar surface area (TPSA) is 86.3 Å². The van der Waals surface area contributed by atoms with Gasteiger partial charge in [-0.3, -0.25) is 0 Å². The zero-order chi connectivity index (χ0) is 28.0. The first-order valence-corrected chi connectivity index (χ1v) is 14.2. The molecule has 0 radical (unpaired) electrons. The van der Waals surface area contributed by atoms with Crippen molar-refractivity contribution in [2.24, 2.45) is 0 Å². The minimum absolute atomic E-state index is 0.0867. The van der Waals surface area contributed by atoms with Crippen LogP contribution < -0.4 is 5.32 Å². The molecule has 2 aromatic rings. The summed E-state index contributed by atoms with van der Waals surface area (Å²) in [6, 6.07) is 15.5. The van der Waals surface area contributed by atoms with Crippen molar-refractivity contribution in [2.75, 3.05) is 20.3 Å². The summed E-state index contributed by atoms with van der Waals surface area (Å²) in [4.78, 5) is 25.9. The molecule has 0 heterocycles. The normalized spacial score (nSPS) is 14.8. The van der Waals surface area contributed by atoms with Crippen molar-refractivity contribution in [1.82, 2.24) is 9.99 Å². The summed E-state index contributed by atoms with van der Waals surface area (Å²) < 4.78 is 25.0. The molecule has 0 aromatic heterocycles. The highest BCUT2D eigenvalue weighted by Crippen LogP contribution is 2.46. The fraction of sp³-hybridized carbons (Fsp3) is 0.517. The van der Waals surface area contributed by atoms with E-state index in [4.69, 9.17) is 18.5 Å². The first kappa shape index (κ1) is 30.0. The summed E-state index contributed by atoms with van der Waals surface area (Å²) in [5.41, 5.74) is 3.78. The number of rotatable bonds is 11. The van der Waals surface area contributed by atoms with Crippen LogP contribution in [-0.4, -0.2) is 60.8 Å². The van der Waals surface area contributed by atoms with Gasteiger partial charge in [-0.15, -0.1) is 0 Å². The molecule has 1 N–H and O–H groups in total. The van der Waals surface area contributed by atoms with Crippen LogP contribution in [0.15, 0.2) is 48.5 Å². The molecule has 38 heavy (non-hydrogen) atoms. The first-order valence-electron chi connectivity index (χ1n) is 13.0. The number of hydrogen-bond donors (Lipinski definition) is 1. The van der Waals surface area contributed by atoms with Crippen LogP contribution in [0.2, 0.25) is 0 Å². The van der Waals surface area contributed by atoms with Crippen LogP contribution in [0.1, 0.15) is 65.5 Å². The molecule has 208 valence electrons. The lowest BCUT2D eigenvalue weighted by Crippen LogP contribution is -2.47. The first-order chi connectivity index (χ1) is 17.9. The van der Waals surface area contributed by atoms with E-state index >= 15 is 0 Å². The van der Waals surface area contributed by atoms with Gasteiger partial charge in [-0.25, -0.2) is 14.3 Å². The molecule has 1 aliphatic carbocycles. The van der Waals surface area contributed by atoms with E-state index in [0.29, 0.717) is 0 Å². The number of carbonyl (C=O) groups excluding carboxylic acids is 2. The van der Waals surface area contributed by atoms with Crippen molar-refractivity contribution >= 4 is 20.6 Å². The summed E-state index contributed by atoms with van der Waals surface area (Å²) in [5.74, 6) is -0.686. The molecule has 0 bridgehead atoms.